The van der Waals surface area contributed by atoms with Gasteiger partial charge >= 0.3 is 26.5 Å². The zero-order chi connectivity index (χ0) is 31.5. The predicted octanol–water partition coefficient (Wildman–Crippen LogP) is 4.10. The predicted molar refractivity (Wildman–Crippen MR) is 117 cm³/mol. The fraction of sp³-hybridized carbons (Fsp3) is 0.318. The van der Waals surface area contributed by atoms with Crippen LogP contribution < -0.4 is 9.47 Å². The van der Waals surface area contributed by atoms with Crippen LogP contribution in [-0.4, -0.2) is 52.4 Å². The van der Waals surface area contributed by atoms with Gasteiger partial charge in [0.05, 0.1) is 6.61 Å². The van der Waals surface area contributed by atoms with Gasteiger partial charge in [0, 0.05) is 0 Å². The smallest absolute Gasteiger partial charge is 0.485 e. The molecule has 0 saturated carbocycles. The fourth-order valence-electron chi connectivity index (χ4n) is 3.34. The van der Waals surface area contributed by atoms with Crippen LogP contribution >= 0.6 is 7.82 Å². The zero-order valence-corrected chi connectivity index (χ0v) is 21.2. The highest BCUT2D eigenvalue weighted by Gasteiger charge is 2.45. The summed E-state index contributed by atoms with van der Waals surface area (Å²) in [5.74, 6) is -8.16. The summed E-state index contributed by atoms with van der Waals surface area (Å²) in [6.45, 7) is -2.63. The highest BCUT2D eigenvalue weighted by molar-refractivity contribution is 7.46. The number of esters is 1. The van der Waals surface area contributed by atoms with Crippen molar-refractivity contribution in [3.05, 3.63) is 70.7 Å². The second kappa shape index (κ2) is 12.7. The Morgan fingerprint density at radius 1 is 0.857 bits per heavy atom. The molecule has 2 aromatic rings. The number of halogens is 8. The van der Waals surface area contributed by atoms with Crippen LogP contribution in [0.1, 0.15) is 11.1 Å². The van der Waals surface area contributed by atoms with Crippen molar-refractivity contribution in [2.75, 3.05) is 6.61 Å². The summed E-state index contributed by atoms with van der Waals surface area (Å²) in [4.78, 5) is 30.7. The number of carbonyl (C=O) groups is 1. The molecule has 1 heterocycles. The van der Waals surface area contributed by atoms with Crippen molar-refractivity contribution in [3.8, 4) is 11.5 Å². The SMILES string of the molecule is O=C1OC(C(CO)OP(=O)(O)O)C(OCc2ccc(OC(F)(F)F)c(F)c2)=C1OCc1ccc(OC(F)(F)F)c(F)c1. The van der Waals surface area contributed by atoms with E-state index in [0.29, 0.717) is 24.3 Å². The number of ether oxygens (including phenoxy) is 5. The molecule has 0 aromatic heterocycles. The Hall–Kier alpha value is -3.64. The Morgan fingerprint density at radius 2 is 1.33 bits per heavy atom. The molecule has 3 N–H and O–H groups in total. The lowest BCUT2D eigenvalue weighted by Crippen LogP contribution is -2.34. The third kappa shape index (κ3) is 9.45. The molecule has 1 aliphatic heterocycles. The van der Waals surface area contributed by atoms with E-state index in [9.17, 15) is 49.6 Å². The quantitative estimate of drug-likeness (QED) is 0.175. The third-order valence-electron chi connectivity index (χ3n) is 4.91. The summed E-state index contributed by atoms with van der Waals surface area (Å²) in [5.41, 5.74) is -0.316. The fourth-order valence-corrected chi connectivity index (χ4v) is 3.87. The van der Waals surface area contributed by atoms with Gasteiger partial charge in [-0.2, -0.15) is 0 Å². The molecule has 2 unspecified atom stereocenters. The second-order valence-corrected chi connectivity index (χ2v) is 9.23. The number of benzene rings is 2. The minimum absolute atomic E-state index is 0.155. The first-order valence-electron chi connectivity index (χ1n) is 11.0. The molecule has 0 amide bonds. The van der Waals surface area contributed by atoms with Gasteiger partial charge in [0.25, 0.3) is 0 Å². The van der Waals surface area contributed by atoms with Crippen LogP contribution in [0.25, 0.3) is 0 Å². The van der Waals surface area contributed by atoms with Crippen molar-refractivity contribution in [2.45, 2.75) is 38.1 Å². The van der Waals surface area contributed by atoms with Gasteiger partial charge in [-0.05, 0) is 35.4 Å². The van der Waals surface area contributed by atoms with E-state index in [1.54, 1.807) is 0 Å². The molecule has 0 spiro atoms. The summed E-state index contributed by atoms with van der Waals surface area (Å²) in [5, 5.41) is 9.56. The third-order valence-corrected chi connectivity index (χ3v) is 5.46. The number of rotatable bonds is 12. The van der Waals surface area contributed by atoms with Gasteiger partial charge in [0.1, 0.15) is 19.3 Å². The van der Waals surface area contributed by atoms with Crippen LogP contribution in [0.5, 0.6) is 11.5 Å². The van der Waals surface area contributed by atoms with Crippen molar-refractivity contribution in [3.63, 3.8) is 0 Å². The van der Waals surface area contributed by atoms with Gasteiger partial charge < -0.3 is 38.6 Å². The maximum Gasteiger partial charge on any atom is 0.573 e. The molecule has 232 valence electrons. The highest BCUT2D eigenvalue weighted by Crippen LogP contribution is 2.41. The number of hydrogen-bond acceptors (Lipinski definition) is 9. The Kier molecular flexibility index (Phi) is 9.94. The Bertz CT molecular complexity index is 1370. The normalized spacial score (nSPS) is 16.7. The molecule has 20 heteroatoms. The van der Waals surface area contributed by atoms with E-state index in [4.69, 9.17) is 24.0 Å². The first kappa shape index (κ1) is 32.9. The van der Waals surface area contributed by atoms with Gasteiger partial charge in [-0.25, -0.2) is 18.1 Å². The lowest BCUT2D eigenvalue weighted by atomic mass is 10.1. The Morgan fingerprint density at radius 3 is 1.74 bits per heavy atom. The van der Waals surface area contributed by atoms with E-state index in [2.05, 4.69) is 14.0 Å². The van der Waals surface area contributed by atoms with Crippen molar-refractivity contribution in [2.24, 2.45) is 0 Å². The summed E-state index contributed by atoms with van der Waals surface area (Å²) in [6, 6.07) is 4.22. The molecule has 0 aliphatic carbocycles. The number of phosphoric ester groups is 1. The lowest BCUT2D eigenvalue weighted by molar-refractivity contribution is -0.276. The molecule has 2 atom stereocenters. The maximum atomic E-state index is 14.1. The van der Waals surface area contributed by atoms with Crippen molar-refractivity contribution < 1.29 is 87.6 Å². The molecule has 0 radical (unpaired) electrons. The molecule has 0 bridgehead atoms. The minimum Gasteiger partial charge on any atom is -0.485 e. The molecule has 42 heavy (non-hydrogen) atoms. The van der Waals surface area contributed by atoms with Crippen LogP contribution in [0, 0.1) is 11.6 Å². The van der Waals surface area contributed by atoms with Crippen molar-refractivity contribution >= 4 is 13.8 Å². The van der Waals surface area contributed by atoms with Gasteiger partial charge in [-0.15, -0.1) is 26.3 Å². The summed E-state index contributed by atoms with van der Waals surface area (Å²) >= 11 is 0. The molecule has 2 aromatic carbocycles. The maximum absolute atomic E-state index is 14.1. The number of phosphoric acid groups is 1. The molecular weight excluding hydrogens is 623 g/mol. The average molecular weight is 640 g/mol. The summed E-state index contributed by atoms with van der Waals surface area (Å²) in [7, 11) is -5.31. The number of carbonyl (C=O) groups excluding carboxylic acids is 1. The number of alkyl halides is 6. The van der Waals surface area contributed by atoms with Crippen LogP contribution in [0.4, 0.5) is 35.1 Å². The van der Waals surface area contributed by atoms with E-state index in [0.717, 1.165) is 12.1 Å². The first-order valence-corrected chi connectivity index (χ1v) is 12.5. The molecule has 0 saturated heterocycles. The van der Waals surface area contributed by atoms with Gasteiger partial charge in [0.2, 0.25) is 5.76 Å². The van der Waals surface area contributed by atoms with E-state index in [1.807, 2.05) is 0 Å². The van der Waals surface area contributed by atoms with Crippen LogP contribution in [0.2, 0.25) is 0 Å². The van der Waals surface area contributed by atoms with E-state index in [1.165, 1.54) is 0 Å². The second-order valence-electron chi connectivity index (χ2n) is 8.04. The molecule has 3 rings (SSSR count). The molecule has 11 nitrogen and oxygen atoms in total. The average Bonchev–Trinajstić information content (AvgIpc) is 3.15. The summed E-state index contributed by atoms with van der Waals surface area (Å²) in [6.07, 6.45) is -14.3. The van der Waals surface area contributed by atoms with Crippen molar-refractivity contribution in [1.29, 1.82) is 0 Å². The number of aliphatic hydroxyl groups excluding tert-OH is 1. The molecule has 1 aliphatic rings. The van der Waals surface area contributed by atoms with Crippen LogP contribution in [0.15, 0.2) is 47.9 Å². The van der Waals surface area contributed by atoms with Crippen LogP contribution in [-0.2, 0) is 41.3 Å². The standard InChI is InChI=1S/C22H17F8O11P/c23-12-5-10(1-3-14(12)39-21(25,26)27)8-36-18-17(16(7-31)41-42(33,34)35)38-20(32)19(18)37-9-11-2-4-15(13(24)6-11)40-22(28,29)30/h1-6,16-17,31H,7-9H2,(H2,33,34,35). The van der Waals surface area contributed by atoms with E-state index in [-0.39, 0.29) is 11.1 Å². The topological polar surface area (TPSA) is 150 Å². The van der Waals surface area contributed by atoms with E-state index >= 15 is 0 Å². The first-order chi connectivity index (χ1) is 19.3. The van der Waals surface area contributed by atoms with Gasteiger partial charge in [-0.1, -0.05) is 12.1 Å². The van der Waals surface area contributed by atoms with Gasteiger partial charge in [-0.3, -0.25) is 4.52 Å². The number of hydrogen-bond donors (Lipinski definition) is 3. The van der Waals surface area contributed by atoms with Crippen LogP contribution in [0.3, 0.4) is 0 Å². The largest absolute Gasteiger partial charge is 0.573 e. The Balaban J connectivity index is 1.87. The zero-order valence-electron chi connectivity index (χ0n) is 20.3. The molecule has 0 fully saturated rings. The minimum atomic E-state index is -5.31. The Labute approximate surface area is 229 Å². The summed E-state index contributed by atoms with van der Waals surface area (Å²) < 4.78 is 141. The van der Waals surface area contributed by atoms with E-state index < -0.39 is 93.2 Å². The lowest BCUT2D eigenvalue weighted by Gasteiger charge is -2.23. The number of cyclic esters (lactones) is 1. The van der Waals surface area contributed by atoms with Crippen molar-refractivity contribution in [1.82, 2.24) is 0 Å². The number of aliphatic hydroxyl groups is 1. The highest BCUT2D eigenvalue weighted by atomic mass is 31.2. The van der Waals surface area contributed by atoms with Gasteiger partial charge in [0.15, 0.2) is 35.0 Å². The monoisotopic (exact) mass is 640 g/mol. The molecular formula is C22H17F8O11P.